The number of carbonyl (C=O) groups is 1. The van der Waals surface area contributed by atoms with Crippen molar-refractivity contribution >= 4 is 29.0 Å². The van der Waals surface area contributed by atoms with E-state index in [1.807, 2.05) is 35.7 Å². The fourth-order valence-electron chi connectivity index (χ4n) is 2.37. The van der Waals surface area contributed by atoms with Crippen LogP contribution in [-0.2, 0) is 17.8 Å². The highest BCUT2D eigenvalue weighted by Gasteiger charge is 2.13. The Morgan fingerprint density at radius 1 is 1.30 bits per heavy atom. The summed E-state index contributed by atoms with van der Waals surface area (Å²) in [4.78, 5) is 13.1. The lowest BCUT2D eigenvalue weighted by Gasteiger charge is -2.20. The van der Waals surface area contributed by atoms with Crippen molar-refractivity contribution in [2.75, 3.05) is 11.9 Å². The Morgan fingerprint density at radius 2 is 2.25 bits per heavy atom. The molecular weight excluding hydrogens is 268 g/mol. The molecule has 0 atom stereocenters. The van der Waals surface area contributed by atoms with Crippen LogP contribution in [0, 0.1) is 0 Å². The molecule has 4 heteroatoms. The van der Waals surface area contributed by atoms with Crippen molar-refractivity contribution in [3.63, 3.8) is 0 Å². The second-order valence-corrected chi connectivity index (χ2v) is 5.69. The largest absolute Gasteiger partial charge is 0.322 e. The first-order valence-electron chi connectivity index (χ1n) is 6.67. The Labute approximate surface area is 122 Å². The minimum Gasteiger partial charge on any atom is -0.322 e. The molecule has 20 heavy (non-hydrogen) atoms. The molecule has 3 nitrogen and oxygen atoms in total. The maximum absolute atomic E-state index is 12.0. The molecule has 3 rings (SSSR count). The average Bonchev–Trinajstić information content (AvgIpc) is 2.99. The highest BCUT2D eigenvalue weighted by Crippen LogP contribution is 2.23. The molecule has 2 heterocycles. The number of fused-ring (bicyclic) bond motifs is 1. The summed E-state index contributed by atoms with van der Waals surface area (Å²) in [5, 5.41) is 8.32. The average molecular weight is 284 g/mol. The summed E-state index contributed by atoms with van der Waals surface area (Å²) >= 11 is 1.62. The zero-order chi connectivity index (χ0) is 13.8. The number of benzene rings is 1. The molecule has 1 aromatic carbocycles. The molecule has 2 N–H and O–H groups in total. The standard InChI is InChI=1S/C16H16N2OS/c19-16(7-6-13-4-2-10-20-13)18-15-5-1-3-12-11-17-9-8-14(12)15/h1-7,10,17H,8-9,11H2,(H,18,19)/b7-6+. The molecule has 0 saturated carbocycles. The molecule has 1 aliphatic rings. The van der Waals surface area contributed by atoms with Crippen LogP contribution in [0.2, 0.25) is 0 Å². The molecule has 0 radical (unpaired) electrons. The molecule has 0 fully saturated rings. The van der Waals surface area contributed by atoms with Crippen molar-refractivity contribution in [2.45, 2.75) is 13.0 Å². The Balaban J connectivity index is 1.73. The number of carbonyl (C=O) groups excluding carboxylic acids is 1. The van der Waals surface area contributed by atoms with Crippen LogP contribution in [-0.4, -0.2) is 12.5 Å². The highest BCUT2D eigenvalue weighted by atomic mass is 32.1. The van der Waals surface area contributed by atoms with Crippen LogP contribution in [0.1, 0.15) is 16.0 Å². The number of nitrogens with one attached hydrogen (secondary N) is 2. The molecular formula is C16H16N2OS. The second kappa shape index (κ2) is 6.03. The van der Waals surface area contributed by atoms with E-state index >= 15 is 0 Å². The molecule has 1 aliphatic heterocycles. The van der Waals surface area contributed by atoms with Gasteiger partial charge in [0.05, 0.1) is 0 Å². The Morgan fingerprint density at radius 3 is 3.10 bits per heavy atom. The summed E-state index contributed by atoms with van der Waals surface area (Å²) in [7, 11) is 0. The van der Waals surface area contributed by atoms with Crippen molar-refractivity contribution in [3.05, 3.63) is 57.8 Å². The second-order valence-electron chi connectivity index (χ2n) is 4.71. The molecule has 2 aromatic rings. The summed E-state index contributed by atoms with van der Waals surface area (Å²) < 4.78 is 0. The van der Waals surface area contributed by atoms with Gasteiger partial charge < -0.3 is 10.6 Å². The van der Waals surface area contributed by atoms with Gasteiger partial charge in [-0.3, -0.25) is 4.79 Å². The van der Waals surface area contributed by atoms with E-state index in [9.17, 15) is 4.79 Å². The van der Waals surface area contributed by atoms with Gasteiger partial charge in [-0.05, 0) is 47.7 Å². The van der Waals surface area contributed by atoms with Gasteiger partial charge in [0, 0.05) is 23.2 Å². The Kier molecular flexibility index (Phi) is 3.95. The third kappa shape index (κ3) is 2.98. The van der Waals surface area contributed by atoms with Crippen LogP contribution in [0.4, 0.5) is 5.69 Å². The van der Waals surface area contributed by atoms with E-state index in [1.165, 1.54) is 11.1 Å². The summed E-state index contributed by atoms with van der Waals surface area (Å²) in [6.45, 7) is 1.84. The van der Waals surface area contributed by atoms with E-state index in [2.05, 4.69) is 16.7 Å². The number of anilines is 1. The van der Waals surface area contributed by atoms with Gasteiger partial charge in [-0.2, -0.15) is 0 Å². The summed E-state index contributed by atoms with van der Waals surface area (Å²) in [6.07, 6.45) is 4.39. The van der Waals surface area contributed by atoms with Crippen LogP contribution in [0.25, 0.3) is 6.08 Å². The fourth-order valence-corrected chi connectivity index (χ4v) is 2.99. The predicted octanol–water partition coefficient (Wildman–Crippen LogP) is 3.05. The lowest BCUT2D eigenvalue weighted by Crippen LogP contribution is -2.25. The Bertz CT molecular complexity index is 632. The third-order valence-corrected chi connectivity index (χ3v) is 4.18. The molecule has 0 aliphatic carbocycles. The molecule has 0 unspecified atom stereocenters. The van der Waals surface area contributed by atoms with Crippen LogP contribution >= 0.6 is 11.3 Å². The van der Waals surface area contributed by atoms with Crippen molar-refractivity contribution in [3.8, 4) is 0 Å². The van der Waals surface area contributed by atoms with Crippen LogP contribution in [0.3, 0.4) is 0 Å². The van der Waals surface area contributed by atoms with Gasteiger partial charge in [-0.15, -0.1) is 11.3 Å². The maximum atomic E-state index is 12.0. The minimum absolute atomic E-state index is 0.0784. The van der Waals surface area contributed by atoms with Crippen LogP contribution in [0.15, 0.2) is 41.8 Å². The molecule has 0 saturated heterocycles. The van der Waals surface area contributed by atoms with Gasteiger partial charge in [-0.25, -0.2) is 0 Å². The van der Waals surface area contributed by atoms with E-state index in [-0.39, 0.29) is 5.91 Å². The zero-order valence-electron chi connectivity index (χ0n) is 11.1. The molecule has 1 amide bonds. The summed E-state index contributed by atoms with van der Waals surface area (Å²) in [5.74, 6) is -0.0784. The number of amides is 1. The first-order valence-corrected chi connectivity index (χ1v) is 7.55. The lowest BCUT2D eigenvalue weighted by molar-refractivity contribution is -0.111. The highest BCUT2D eigenvalue weighted by molar-refractivity contribution is 7.10. The van der Waals surface area contributed by atoms with E-state index in [4.69, 9.17) is 0 Å². The first-order chi connectivity index (χ1) is 9.83. The van der Waals surface area contributed by atoms with Crippen LogP contribution in [0.5, 0.6) is 0 Å². The number of rotatable bonds is 3. The van der Waals surface area contributed by atoms with E-state index < -0.39 is 0 Å². The lowest BCUT2D eigenvalue weighted by atomic mass is 9.99. The van der Waals surface area contributed by atoms with Gasteiger partial charge in [0.15, 0.2) is 0 Å². The SMILES string of the molecule is O=C(/C=C/c1cccs1)Nc1cccc2c1CCNC2. The monoisotopic (exact) mass is 284 g/mol. The molecule has 0 spiro atoms. The number of thiophene rings is 1. The first kappa shape index (κ1) is 13.1. The quantitative estimate of drug-likeness (QED) is 0.851. The minimum atomic E-state index is -0.0784. The van der Waals surface area contributed by atoms with Crippen molar-refractivity contribution in [1.82, 2.24) is 5.32 Å². The van der Waals surface area contributed by atoms with Crippen molar-refractivity contribution < 1.29 is 4.79 Å². The van der Waals surface area contributed by atoms with Crippen LogP contribution < -0.4 is 10.6 Å². The van der Waals surface area contributed by atoms with Crippen molar-refractivity contribution in [2.24, 2.45) is 0 Å². The summed E-state index contributed by atoms with van der Waals surface area (Å²) in [6, 6.07) is 10.0. The smallest absolute Gasteiger partial charge is 0.248 e. The Hall–Kier alpha value is -1.91. The fraction of sp³-hybridized carbons (Fsp3) is 0.188. The van der Waals surface area contributed by atoms with Gasteiger partial charge in [-0.1, -0.05) is 18.2 Å². The maximum Gasteiger partial charge on any atom is 0.248 e. The van der Waals surface area contributed by atoms with Gasteiger partial charge in [0.2, 0.25) is 5.91 Å². The van der Waals surface area contributed by atoms with Crippen molar-refractivity contribution in [1.29, 1.82) is 0 Å². The topological polar surface area (TPSA) is 41.1 Å². The zero-order valence-corrected chi connectivity index (χ0v) is 11.9. The van der Waals surface area contributed by atoms with Gasteiger partial charge in [0.1, 0.15) is 0 Å². The van der Waals surface area contributed by atoms with E-state index in [0.29, 0.717) is 0 Å². The van der Waals surface area contributed by atoms with E-state index in [1.54, 1.807) is 17.4 Å². The normalized spacial score (nSPS) is 14.2. The predicted molar refractivity (Wildman–Crippen MR) is 83.8 cm³/mol. The summed E-state index contributed by atoms with van der Waals surface area (Å²) in [5.41, 5.74) is 3.46. The number of hydrogen-bond donors (Lipinski definition) is 2. The van der Waals surface area contributed by atoms with Gasteiger partial charge in [0.25, 0.3) is 0 Å². The number of hydrogen-bond acceptors (Lipinski definition) is 3. The molecule has 102 valence electrons. The molecule has 1 aromatic heterocycles. The molecule has 0 bridgehead atoms. The third-order valence-electron chi connectivity index (χ3n) is 3.34. The van der Waals surface area contributed by atoms with Gasteiger partial charge >= 0.3 is 0 Å². The van der Waals surface area contributed by atoms with E-state index in [0.717, 1.165) is 30.1 Å².